The van der Waals surface area contributed by atoms with Crippen LogP contribution in [0.5, 0.6) is 11.5 Å². The van der Waals surface area contributed by atoms with E-state index in [1.54, 1.807) is 18.4 Å². The number of ether oxygens (including phenoxy) is 2. The molecular formula is C24H26Cl2IN3O4S. The first-order valence-corrected chi connectivity index (χ1v) is 15.3. The van der Waals surface area contributed by atoms with Gasteiger partial charge in [0.05, 0.1) is 33.2 Å². The van der Waals surface area contributed by atoms with Gasteiger partial charge in [0.25, 0.3) is 5.91 Å². The van der Waals surface area contributed by atoms with Crippen molar-refractivity contribution in [2.75, 3.05) is 25.3 Å². The number of nitrogens with one attached hydrogen (secondary N) is 1. The van der Waals surface area contributed by atoms with E-state index in [4.69, 9.17) is 38.4 Å². The third-order valence-corrected chi connectivity index (χ3v) is 8.31. The predicted molar refractivity (Wildman–Crippen MR) is 153 cm³/mol. The van der Waals surface area contributed by atoms with Gasteiger partial charge in [0.1, 0.15) is 19.0 Å². The lowest BCUT2D eigenvalue weighted by molar-refractivity contribution is 0.0996. The second-order valence-corrected chi connectivity index (χ2v) is 12.3. The van der Waals surface area contributed by atoms with E-state index >= 15 is 0 Å². The van der Waals surface area contributed by atoms with Gasteiger partial charge < -0.3 is 15.2 Å². The summed E-state index contributed by atoms with van der Waals surface area (Å²) in [7, 11) is -1.14. The number of alkyl halides is 1. The lowest BCUT2D eigenvalue weighted by Gasteiger charge is -2.27. The minimum Gasteiger partial charge on any atom is -0.490 e. The van der Waals surface area contributed by atoms with Crippen molar-refractivity contribution in [2.45, 2.75) is 19.3 Å². The molecule has 3 rings (SSSR count). The van der Waals surface area contributed by atoms with Crippen LogP contribution in [0.15, 0.2) is 51.5 Å². The fourth-order valence-electron chi connectivity index (χ4n) is 3.31. The summed E-state index contributed by atoms with van der Waals surface area (Å²) in [6.45, 7) is 4.58. The molecule has 188 valence electrons. The highest BCUT2D eigenvalue weighted by Crippen LogP contribution is 2.38. The molecule has 1 heterocycles. The Morgan fingerprint density at radius 2 is 1.91 bits per heavy atom. The minimum absolute atomic E-state index is 0.212. The van der Waals surface area contributed by atoms with Gasteiger partial charge in [0.15, 0.2) is 9.51 Å². The summed E-state index contributed by atoms with van der Waals surface area (Å²) < 4.78 is 28.5. The van der Waals surface area contributed by atoms with Gasteiger partial charge in [-0.25, -0.2) is 9.20 Å². The molecule has 0 radical (unpaired) electrons. The molecule has 2 aromatic carbocycles. The highest BCUT2D eigenvalue weighted by atomic mass is 127. The van der Waals surface area contributed by atoms with Crippen LogP contribution < -0.4 is 19.9 Å². The van der Waals surface area contributed by atoms with Crippen LogP contribution in [0, 0.1) is 0 Å². The van der Waals surface area contributed by atoms with Gasteiger partial charge >= 0.3 is 0 Å². The standard InChI is InChI=1S/C24H26Cl2IN3O4S/c1-24(2,16-12-19(22(28)31)21(20(26)13-16)33-11-9-25)15-4-6-18(7-5-15)34-14-17-8-10-27-23(29-17)30-35(3)32/h4-8,10,12-13H,9,11,14H2,1-3H3,(H2,28,31)(H,29,30). The molecule has 0 aliphatic carbocycles. The van der Waals surface area contributed by atoms with Gasteiger partial charge in [-0.1, -0.05) is 58.3 Å². The van der Waals surface area contributed by atoms with E-state index < -0.39 is 43.0 Å². The van der Waals surface area contributed by atoms with E-state index in [2.05, 4.69) is 13.8 Å². The molecule has 1 atom stereocenters. The van der Waals surface area contributed by atoms with Crippen molar-refractivity contribution in [1.82, 2.24) is 4.72 Å². The van der Waals surface area contributed by atoms with Crippen molar-refractivity contribution in [3.63, 3.8) is 0 Å². The Morgan fingerprint density at radius 3 is 2.54 bits per heavy atom. The average Bonchev–Trinajstić information content (AvgIpc) is 2.81. The van der Waals surface area contributed by atoms with Gasteiger partial charge in [-0.05, 0) is 45.6 Å². The Labute approximate surface area is 227 Å². The second kappa shape index (κ2) is 12.4. The monoisotopic (exact) mass is 649 g/mol. The van der Waals surface area contributed by atoms with Crippen LogP contribution in [0.2, 0.25) is 5.02 Å². The van der Waals surface area contributed by atoms with Crippen molar-refractivity contribution in [1.29, 1.82) is 0 Å². The molecule has 0 bridgehead atoms. The number of carbonyl (C=O) groups excluding carboxylic acids is 1. The maximum absolute atomic E-state index is 12.1. The zero-order valence-electron chi connectivity index (χ0n) is 19.4. The lowest BCUT2D eigenvalue weighted by atomic mass is 9.77. The van der Waals surface area contributed by atoms with Crippen LogP contribution in [-0.4, -0.2) is 44.9 Å². The third kappa shape index (κ3) is 7.36. The number of hydrogen-bond acceptors (Lipinski definition) is 5. The van der Waals surface area contributed by atoms with E-state index in [-0.39, 0.29) is 23.8 Å². The molecule has 7 nitrogen and oxygen atoms in total. The number of rotatable bonds is 11. The molecule has 1 aliphatic heterocycles. The third-order valence-electron chi connectivity index (χ3n) is 5.21. The highest BCUT2D eigenvalue weighted by molar-refractivity contribution is 14.2. The maximum Gasteiger partial charge on any atom is 0.252 e. The molecule has 35 heavy (non-hydrogen) atoms. The predicted octanol–water partition coefficient (Wildman–Crippen LogP) is 4.67. The molecule has 0 saturated heterocycles. The summed E-state index contributed by atoms with van der Waals surface area (Å²) in [5.74, 6) is 0.568. The van der Waals surface area contributed by atoms with Crippen molar-refractivity contribution >= 4 is 70.3 Å². The average molecular weight is 650 g/mol. The van der Waals surface area contributed by atoms with Crippen LogP contribution in [0.4, 0.5) is 0 Å². The van der Waals surface area contributed by atoms with Crippen LogP contribution in [0.1, 0.15) is 35.3 Å². The Hall–Kier alpha value is -1.79. The Bertz CT molecular complexity index is 1210. The molecule has 0 saturated carbocycles. The van der Waals surface area contributed by atoms with Gasteiger partial charge in [-0.2, -0.15) is 4.72 Å². The number of halogens is 3. The van der Waals surface area contributed by atoms with Crippen LogP contribution in [-0.2, 0) is 16.4 Å². The van der Waals surface area contributed by atoms with Gasteiger partial charge in [-0.15, -0.1) is 11.6 Å². The summed E-state index contributed by atoms with van der Waals surface area (Å²) in [4.78, 5) is 16.6. The van der Waals surface area contributed by atoms with E-state index in [9.17, 15) is 9.00 Å². The second-order valence-electron chi connectivity index (χ2n) is 8.03. The minimum atomic E-state index is -1.14. The highest BCUT2D eigenvalue weighted by Gasteiger charge is 2.27. The largest absolute Gasteiger partial charge is 0.490 e. The zero-order chi connectivity index (χ0) is 25.6. The molecule has 0 aromatic heterocycles. The van der Waals surface area contributed by atoms with E-state index in [1.165, 1.54) is 0 Å². The van der Waals surface area contributed by atoms with Crippen molar-refractivity contribution in [3.8, 4) is 11.5 Å². The van der Waals surface area contributed by atoms with E-state index in [1.807, 2.05) is 44.2 Å². The molecule has 1 aliphatic rings. The number of nitrogens with zero attached hydrogens (tertiary/aromatic N) is 1. The number of carbonyl (C=O) groups is 1. The number of aliphatic imine (C=N–C) groups is 1. The molecule has 0 spiro atoms. The van der Waals surface area contributed by atoms with Crippen molar-refractivity contribution in [3.05, 3.63) is 68.3 Å². The summed E-state index contributed by atoms with van der Waals surface area (Å²) in [5.41, 5.74) is 7.90. The normalized spacial score (nSPS) is 14.4. The SMILES string of the molecule is CS(=O)NC1=IC=CC(COc2ccc(C(C)(C)c3cc(Cl)c(OCCCl)c(C(N)=O)c3)cc2)=N1. The summed E-state index contributed by atoms with van der Waals surface area (Å²) >= 11 is 11.8. The topological polar surface area (TPSA) is 103 Å². The van der Waals surface area contributed by atoms with Gasteiger partial charge in [0.2, 0.25) is 0 Å². The number of hydrogen-bond donors (Lipinski definition) is 2. The molecule has 1 unspecified atom stereocenters. The zero-order valence-corrected chi connectivity index (χ0v) is 23.9. The number of benzene rings is 2. The molecule has 2 aromatic rings. The van der Waals surface area contributed by atoms with Gasteiger partial charge in [0, 0.05) is 11.7 Å². The molecule has 0 fully saturated rings. The van der Waals surface area contributed by atoms with Crippen molar-refractivity contribution in [2.24, 2.45) is 10.7 Å². The maximum atomic E-state index is 12.1. The smallest absolute Gasteiger partial charge is 0.252 e. The summed E-state index contributed by atoms with van der Waals surface area (Å²) in [6, 6.07) is 11.2. The first kappa shape index (κ1) is 27.8. The van der Waals surface area contributed by atoms with E-state index in [0.29, 0.717) is 17.4 Å². The Morgan fingerprint density at radius 1 is 1.20 bits per heavy atom. The van der Waals surface area contributed by atoms with Crippen LogP contribution in [0.25, 0.3) is 0 Å². The number of amides is 1. The lowest BCUT2D eigenvalue weighted by Crippen LogP contribution is -2.24. The quantitative estimate of drug-likeness (QED) is 0.273. The Balaban J connectivity index is 1.77. The Kier molecular flexibility index (Phi) is 9.88. The summed E-state index contributed by atoms with van der Waals surface area (Å²) in [6.07, 6.45) is 3.52. The van der Waals surface area contributed by atoms with Crippen molar-refractivity contribution < 1.29 is 18.5 Å². The van der Waals surface area contributed by atoms with Gasteiger partial charge in [-0.3, -0.25) is 4.79 Å². The van der Waals surface area contributed by atoms with Crippen LogP contribution >= 0.6 is 43.9 Å². The van der Waals surface area contributed by atoms with E-state index in [0.717, 1.165) is 20.6 Å². The fraction of sp³-hybridized carbons (Fsp3) is 0.292. The fourth-order valence-corrected chi connectivity index (χ4v) is 6.69. The molecule has 3 N–H and O–H groups in total. The molecule has 1 amide bonds. The summed E-state index contributed by atoms with van der Waals surface area (Å²) in [5, 5.41) is 0.302. The number of primary amides is 1. The first-order valence-electron chi connectivity index (χ1n) is 10.5. The van der Waals surface area contributed by atoms with Crippen LogP contribution in [0.3, 0.4) is 0 Å². The molecule has 11 heteroatoms. The molecular weight excluding hydrogens is 624 g/mol. The first-order chi connectivity index (χ1) is 16.6. The number of nitrogens with two attached hydrogens (primary N) is 1.